The number of hydrogen-bond acceptors (Lipinski definition) is 5. The van der Waals surface area contributed by atoms with Crippen molar-refractivity contribution >= 4 is 16.6 Å². The topological polar surface area (TPSA) is 87.0 Å². The molecule has 0 amide bonds. The van der Waals surface area contributed by atoms with Crippen LogP contribution in [0.2, 0.25) is 0 Å². The number of nitrogens with one attached hydrogen (secondary N) is 1. The maximum Gasteiger partial charge on any atom is 0.244 e. The summed E-state index contributed by atoms with van der Waals surface area (Å²) in [6.45, 7) is 2.66. The van der Waals surface area contributed by atoms with Crippen LogP contribution < -0.4 is 10.0 Å². The summed E-state index contributed by atoms with van der Waals surface area (Å²) in [5, 5.41) is 24.5. The number of halogens is 1. The van der Waals surface area contributed by atoms with Crippen LogP contribution in [0.25, 0.3) is 22.4 Å². The third kappa shape index (κ3) is 2.10. The van der Waals surface area contributed by atoms with Gasteiger partial charge < -0.3 is 10.5 Å². The van der Waals surface area contributed by atoms with Crippen molar-refractivity contribution in [1.82, 2.24) is 29.7 Å². The van der Waals surface area contributed by atoms with E-state index in [0.717, 1.165) is 29.8 Å². The maximum atomic E-state index is 13.6. The molecule has 26 heavy (non-hydrogen) atoms. The number of benzene rings is 1. The van der Waals surface area contributed by atoms with Gasteiger partial charge in [-0.1, -0.05) is 5.21 Å². The van der Waals surface area contributed by atoms with E-state index in [4.69, 9.17) is 0 Å². The first-order valence-electron chi connectivity index (χ1n) is 8.48. The molecule has 4 heterocycles. The van der Waals surface area contributed by atoms with E-state index in [1.807, 2.05) is 6.20 Å². The molecule has 0 spiro atoms. The number of imidazole rings is 1. The Morgan fingerprint density at radius 2 is 2.27 bits per heavy atom. The lowest BCUT2D eigenvalue weighted by Gasteiger charge is -2.09. The second-order valence-corrected chi connectivity index (χ2v) is 6.54. The molecule has 0 aliphatic carbocycles. The molecular formula is C17H16FN7O. The molecule has 1 saturated heterocycles. The highest BCUT2D eigenvalue weighted by atomic mass is 19.1. The fraction of sp³-hybridized carbons (Fsp3) is 0.294. The molecule has 0 saturated carbocycles. The van der Waals surface area contributed by atoms with Gasteiger partial charge in [0, 0.05) is 13.0 Å². The Morgan fingerprint density at radius 1 is 1.38 bits per heavy atom. The Balaban J connectivity index is 1.72. The Labute approximate surface area is 147 Å². The van der Waals surface area contributed by atoms with Gasteiger partial charge in [-0.25, -0.2) is 9.37 Å². The van der Waals surface area contributed by atoms with E-state index >= 15 is 0 Å². The van der Waals surface area contributed by atoms with E-state index < -0.39 is 5.82 Å². The monoisotopic (exact) mass is 353 g/mol. The molecule has 1 aliphatic heterocycles. The summed E-state index contributed by atoms with van der Waals surface area (Å²) in [5.41, 5.74) is 2.74. The summed E-state index contributed by atoms with van der Waals surface area (Å²) in [7, 11) is 0. The van der Waals surface area contributed by atoms with Gasteiger partial charge in [0.05, 0.1) is 12.2 Å². The summed E-state index contributed by atoms with van der Waals surface area (Å²) in [6, 6.07) is 4.34. The zero-order valence-electron chi connectivity index (χ0n) is 14.1. The van der Waals surface area contributed by atoms with Gasteiger partial charge in [-0.15, -0.1) is 5.10 Å². The van der Waals surface area contributed by atoms with Crippen LogP contribution in [-0.2, 0) is 0 Å². The van der Waals surface area contributed by atoms with Crippen molar-refractivity contribution in [1.29, 1.82) is 0 Å². The summed E-state index contributed by atoms with van der Waals surface area (Å²) in [4.78, 5) is 4.44. The highest BCUT2D eigenvalue weighted by molar-refractivity contribution is 5.78. The molecule has 132 valence electrons. The molecule has 1 N–H and O–H groups in total. The summed E-state index contributed by atoms with van der Waals surface area (Å²) < 4.78 is 17.7. The number of nitrogens with zero attached hydrogens (tertiary/aromatic N) is 6. The van der Waals surface area contributed by atoms with Crippen LogP contribution >= 0.6 is 0 Å². The summed E-state index contributed by atoms with van der Waals surface area (Å²) in [5.74, 6) is 0.0706. The minimum Gasteiger partial charge on any atom is -0.618 e. The summed E-state index contributed by atoms with van der Waals surface area (Å²) >= 11 is 0. The van der Waals surface area contributed by atoms with Crippen LogP contribution in [0, 0.1) is 17.9 Å². The fourth-order valence-corrected chi connectivity index (χ4v) is 3.64. The molecule has 4 aromatic rings. The maximum absolute atomic E-state index is 13.6. The van der Waals surface area contributed by atoms with E-state index in [-0.39, 0.29) is 11.6 Å². The normalized spacial score (nSPS) is 17.5. The lowest BCUT2D eigenvalue weighted by molar-refractivity contribution is -0.583. The van der Waals surface area contributed by atoms with Crippen molar-refractivity contribution < 1.29 is 9.12 Å². The predicted molar refractivity (Wildman–Crippen MR) is 91.2 cm³/mol. The number of fused-ring (bicyclic) bond motifs is 3. The minimum absolute atomic E-state index is 0.201. The third-order valence-electron chi connectivity index (χ3n) is 4.96. The zero-order valence-corrected chi connectivity index (χ0v) is 14.1. The van der Waals surface area contributed by atoms with E-state index in [2.05, 4.69) is 20.6 Å². The van der Waals surface area contributed by atoms with Gasteiger partial charge in [0.25, 0.3) is 0 Å². The van der Waals surface area contributed by atoms with Crippen LogP contribution in [-0.4, -0.2) is 30.9 Å². The van der Waals surface area contributed by atoms with Crippen LogP contribution in [0.1, 0.15) is 30.3 Å². The Bertz CT molecular complexity index is 1140. The average molecular weight is 353 g/mol. The second-order valence-electron chi connectivity index (χ2n) is 6.54. The second kappa shape index (κ2) is 5.46. The van der Waals surface area contributed by atoms with E-state index in [0.29, 0.717) is 22.5 Å². The fourth-order valence-electron chi connectivity index (χ4n) is 3.64. The van der Waals surface area contributed by atoms with Gasteiger partial charge in [-0.05, 0) is 31.5 Å². The van der Waals surface area contributed by atoms with E-state index in [9.17, 15) is 9.60 Å². The Hall–Kier alpha value is -3.07. The summed E-state index contributed by atoms with van der Waals surface area (Å²) in [6.07, 6.45) is 5.60. The van der Waals surface area contributed by atoms with Gasteiger partial charge in [-0.2, -0.15) is 9.41 Å². The van der Waals surface area contributed by atoms with E-state index in [1.54, 1.807) is 28.4 Å². The predicted octanol–water partition coefficient (Wildman–Crippen LogP) is 1.57. The van der Waals surface area contributed by atoms with Crippen molar-refractivity contribution in [2.24, 2.45) is 0 Å². The highest BCUT2D eigenvalue weighted by Gasteiger charge is 2.23. The Morgan fingerprint density at radius 3 is 3.08 bits per heavy atom. The van der Waals surface area contributed by atoms with Crippen LogP contribution in [0.4, 0.5) is 4.39 Å². The molecule has 0 radical (unpaired) electrons. The van der Waals surface area contributed by atoms with Crippen molar-refractivity contribution in [3.05, 3.63) is 53.1 Å². The molecule has 5 rings (SSSR count). The third-order valence-corrected chi connectivity index (χ3v) is 4.96. The lowest BCUT2D eigenvalue weighted by Crippen LogP contribution is -2.32. The van der Waals surface area contributed by atoms with Gasteiger partial charge in [0.2, 0.25) is 11.2 Å². The Kier molecular flexibility index (Phi) is 3.20. The number of rotatable bonds is 2. The highest BCUT2D eigenvalue weighted by Crippen LogP contribution is 2.24. The van der Waals surface area contributed by atoms with Gasteiger partial charge in [0.1, 0.15) is 23.4 Å². The number of aromatic nitrogens is 6. The van der Waals surface area contributed by atoms with Crippen LogP contribution in [0.15, 0.2) is 30.7 Å². The number of aryl methyl sites for hydroxylation is 1. The molecular weight excluding hydrogens is 337 g/mol. The molecule has 8 nitrogen and oxygen atoms in total. The minimum atomic E-state index is -0.453. The van der Waals surface area contributed by atoms with Crippen LogP contribution in [0.5, 0.6) is 0 Å². The molecule has 1 aliphatic rings. The van der Waals surface area contributed by atoms with Crippen molar-refractivity contribution in [3.8, 4) is 5.82 Å². The van der Waals surface area contributed by atoms with Crippen molar-refractivity contribution in [2.75, 3.05) is 6.54 Å². The van der Waals surface area contributed by atoms with Crippen molar-refractivity contribution in [3.63, 3.8) is 0 Å². The largest absolute Gasteiger partial charge is 0.618 e. The average Bonchev–Trinajstić information content (AvgIpc) is 3.38. The zero-order chi connectivity index (χ0) is 17.8. The molecule has 0 bridgehead atoms. The lowest BCUT2D eigenvalue weighted by atomic mass is 10.2. The van der Waals surface area contributed by atoms with Gasteiger partial charge >= 0.3 is 0 Å². The van der Waals surface area contributed by atoms with Crippen molar-refractivity contribution in [2.45, 2.75) is 25.8 Å². The quantitative estimate of drug-likeness (QED) is 0.437. The first-order valence-corrected chi connectivity index (χ1v) is 8.48. The molecule has 3 aromatic heterocycles. The molecule has 1 aromatic carbocycles. The number of hydrogen-bond donors (Lipinski definition) is 1. The molecule has 1 unspecified atom stereocenters. The smallest absolute Gasteiger partial charge is 0.244 e. The standard InChI is InChI=1S/C17H16FN7O/c1-10-16-17(24-8-13(21-22-24)12-3-2-6-19-12)20-9-23(16)14-5-4-11(18)7-15(14)25(10)26/h4-5,7-9,12,19H,2-3,6H2,1H3. The van der Waals surface area contributed by atoms with Crippen LogP contribution in [0.3, 0.4) is 0 Å². The van der Waals surface area contributed by atoms with Gasteiger partial charge in [0.15, 0.2) is 11.3 Å². The molecule has 1 fully saturated rings. The van der Waals surface area contributed by atoms with E-state index in [1.165, 1.54) is 12.1 Å². The van der Waals surface area contributed by atoms with Gasteiger partial charge in [-0.3, -0.25) is 4.40 Å². The molecule has 1 atom stereocenters. The first kappa shape index (κ1) is 15.2. The SMILES string of the molecule is Cc1c2c(-n3cc(C4CCCN4)nn3)ncn2c2ccc(F)cc2[n+]1[O-]. The molecule has 9 heteroatoms. The first-order chi connectivity index (χ1) is 12.6.